The number of fused-ring (bicyclic) bond motifs is 1. The number of ketones is 1. The lowest BCUT2D eigenvalue weighted by Gasteiger charge is -2.26. The second kappa shape index (κ2) is 16.7. The van der Waals surface area contributed by atoms with Crippen molar-refractivity contribution in [1.29, 1.82) is 0 Å². The van der Waals surface area contributed by atoms with Gasteiger partial charge in [0.2, 0.25) is 17.6 Å². The molecule has 2 fully saturated rings. The number of amides is 2. The lowest BCUT2D eigenvalue weighted by Crippen LogP contribution is -2.51. The number of Topliss-reactive ketones (excluding diaryl/α,β-unsaturated/α-hetero) is 1. The fourth-order valence-corrected chi connectivity index (χ4v) is 8.22. The largest absolute Gasteiger partial charge is 0.434 e. The highest BCUT2D eigenvalue weighted by Gasteiger charge is 2.42. The number of para-hydroxylation sites is 2. The molecule has 0 spiro atoms. The lowest BCUT2D eigenvalue weighted by molar-refractivity contribution is -0.138. The minimum atomic E-state index is -1.02. The van der Waals surface area contributed by atoms with E-state index < -0.39 is 29.9 Å². The standard InChI is InChI=1S/C40H43ClN6O5S/c1-24-32(46-40(53-24)28-14-16-43-17-15-28)20-36(48)47-22-30(51-23-27-10-12-29(41)13-11-27)19-34(47)38(50)44-33(18-25-6-8-26(21-42)9-7-25)37(49)39-45-31-4-2-3-5-35(31)52-39/h2-13,28,30,33-34,43H,14-23,42H2,1H3,(H,44,50)/t30-,33+,34+/m1/s1. The number of piperidine rings is 1. The summed E-state index contributed by atoms with van der Waals surface area (Å²) in [7, 11) is 0. The zero-order valence-electron chi connectivity index (χ0n) is 29.6. The van der Waals surface area contributed by atoms with Gasteiger partial charge in [0, 0.05) is 41.7 Å². The Morgan fingerprint density at radius 3 is 2.47 bits per heavy atom. The van der Waals surface area contributed by atoms with Crippen LogP contribution in [0.15, 0.2) is 77.2 Å². The van der Waals surface area contributed by atoms with Crippen molar-refractivity contribution in [2.45, 2.75) is 76.3 Å². The Morgan fingerprint density at radius 2 is 1.74 bits per heavy atom. The molecule has 2 amide bonds. The van der Waals surface area contributed by atoms with Crippen molar-refractivity contribution in [2.24, 2.45) is 5.73 Å². The van der Waals surface area contributed by atoms with Gasteiger partial charge < -0.3 is 30.4 Å². The number of nitrogens with one attached hydrogen (secondary N) is 2. The van der Waals surface area contributed by atoms with Crippen molar-refractivity contribution >= 4 is 51.6 Å². The van der Waals surface area contributed by atoms with Gasteiger partial charge in [-0.2, -0.15) is 0 Å². The van der Waals surface area contributed by atoms with Crippen molar-refractivity contribution in [1.82, 2.24) is 25.5 Å². The van der Waals surface area contributed by atoms with Gasteiger partial charge in [-0.3, -0.25) is 14.4 Å². The summed E-state index contributed by atoms with van der Waals surface area (Å²) in [6, 6.07) is 20.2. The van der Waals surface area contributed by atoms with Crippen LogP contribution >= 0.6 is 22.9 Å². The van der Waals surface area contributed by atoms with E-state index in [4.69, 9.17) is 31.5 Å². The Labute approximate surface area is 317 Å². The molecule has 4 heterocycles. The molecule has 3 aromatic carbocycles. The third kappa shape index (κ3) is 8.85. The Bertz CT molecular complexity index is 2030. The van der Waals surface area contributed by atoms with Crippen LogP contribution in [0.4, 0.5) is 0 Å². The van der Waals surface area contributed by atoms with Crippen LogP contribution in [-0.4, -0.2) is 70.3 Å². The minimum absolute atomic E-state index is 0.0692. The summed E-state index contributed by atoms with van der Waals surface area (Å²) in [6.07, 6.45) is 2.13. The number of hydrogen-bond acceptors (Lipinski definition) is 10. The fourth-order valence-electron chi connectivity index (χ4n) is 6.99. The molecule has 4 N–H and O–H groups in total. The van der Waals surface area contributed by atoms with Crippen molar-refractivity contribution in [2.75, 3.05) is 19.6 Å². The Kier molecular flexibility index (Phi) is 11.6. The van der Waals surface area contributed by atoms with E-state index in [0.717, 1.165) is 58.2 Å². The third-order valence-electron chi connectivity index (χ3n) is 10.0. The summed E-state index contributed by atoms with van der Waals surface area (Å²) < 4.78 is 12.1. The van der Waals surface area contributed by atoms with Crippen LogP contribution in [-0.2, 0) is 40.3 Å². The quantitative estimate of drug-likeness (QED) is 0.132. The van der Waals surface area contributed by atoms with E-state index in [-0.39, 0.29) is 37.6 Å². The molecule has 2 aromatic heterocycles. The van der Waals surface area contributed by atoms with E-state index in [0.29, 0.717) is 35.2 Å². The molecule has 0 bridgehead atoms. The van der Waals surface area contributed by atoms with Gasteiger partial charge in [-0.05, 0) is 73.8 Å². The highest BCUT2D eigenvalue weighted by Crippen LogP contribution is 2.32. The third-order valence-corrected chi connectivity index (χ3v) is 11.5. The van der Waals surface area contributed by atoms with E-state index in [1.807, 2.05) is 49.4 Å². The molecule has 53 heavy (non-hydrogen) atoms. The average Bonchev–Trinajstić information content (AvgIpc) is 3.92. The lowest BCUT2D eigenvalue weighted by atomic mass is 9.99. The molecule has 2 aliphatic heterocycles. The zero-order valence-corrected chi connectivity index (χ0v) is 31.1. The van der Waals surface area contributed by atoms with Crippen LogP contribution in [0.3, 0.4) is 0 Å². The number of ether oxygens (including phenoxy) is 1. The molecule has 2 saturated heterocycles. The second-order valence-electron chi connectivity index (χ2n) is 13.8. The Balaban J connectivity index is 1.13. The van der Waals surface area contributed by atoms with Gasteiger partial charge in [0.1, 0.15) is 17.6 Å². The monoisotopic (exact) mass is 754 g/mol. The van der Waals surface area contributed by atoms with Gasteiger partial charge in [0.25, 0.3) is 5.89 Å². The topological polar surface area (TPSA) is 153 Å². The molecule has 13 heteroatoms. The predicted octanol–water partition coefficient (Wildman–Crippen LogP) is 5.51. The number of rotatable bonds is 13. The first-order valence-corrected chi connectivity index (χ1v) is 19.2. The van der Waals surface area contributed by atoms with Gasteiger partial charge in [-0.25, -0.2) is 9.97 Å². The normalized spacial score (nSPS) is 18.4. The van der Waals surface area contributed by atoms with E-state index in [9.17, 15) is 14.4 Å². The van der Waals surface area contributed by atoms with E-state index in [1.165, 1.54) is 0 Å². The Morgan fingerprint density at radius 1 is 1.02 bits per heavy atom. The molecule has 11 nitrogen and oxygen atoms in total. The van der Waals surface area contributed by atoms with Crippen molar-refractivity contribution in [3.8, 4) is 0 Å². The number of aromatic nitrogens is 2. The summed E-state index contributed by atoms with van der Waals surface area (Å²) >= 11 is 7.73. The maximum Gasteiger partial charge on any atom is 0.266 e. The molecular formula is C40H43ClN6O5S. The Hall–Kier alpha value is -4.46. The minimum Gasteiger partial charge on any atom is -0.434 e. The number of nitrogens with zero attached hydrogens (tertiary/aromatic N) is 3. The molecule has 0 unspecified atom stereocenters. The smallest absolute Gasteiger partial charge is 0.266 e. The number of aryl methyl sites for hydroxylation is 1. The first-order chi connectivity index (χ1) is 25.7. The van der Waals surface area contributed by atoms with Crippen molar-refractivity contribution in [3.05, 3.63) is 116 Å². The maximum absolute atomic E-state index is 14.3. The van der Waals surface area contributed by atoms with E-state index in [1.54, 1.807) is 46.6 Å². The summed E-state index contributed by atoms with van der Waals surface area (Å²) in [5.41, 5.74) is 10.3. The maximum atomic E-state index is 14.3. The zero-order chi connectivity index (χ0) is 36.9. The number of nitrogens with two attached hydrogens (primary N) is 1. The van der Waals surface area contributed by atoms with Crippen LogP contribution in [0.2, 0.25) is 5.02 Å². The molecule has 2 aliphatic rings. The second-order valence-corrected chi connectivity index (χ2v) is 15.4. The summed E-state index contributed by atoms with van der Waals surface area (Å²) in [6.45, 7) is 4.80. The number of thiazole rings is 1. The van der Waals surface area contributed by atoms with Gasteiger partial charge in [-0.15, -0.1) is 11.3 Å². The molecule has 3 atom stereocenters. The van der Waals surface area contributed by atoms with Crippen molar-refractivity contribution < 1.29 is 23.5 Å². The van der Waals surface area contributed by atoms with Crippen LogP contribution in [0.1, 0.15) is 68.1 Å². The van der Waals surface area contributed by atoms with Crippen LogP contribution < -0.4 is 16.4 Å². The number of hydrogen-bond donors (Lipinski definition) is 3. The number of carbonyl (C=O) groups is 3. The number of likely N-dealkylation sites (tertiary alicyclic amines) is 1. The highest BCUT2D eigenvalue weighted by molar-refractivity contribution is 7.11. The van der Waals surface area contributed by atoms with Gasteiger partial charge in [0.05, 0.1) is 29.8 Å². The molecule has 0 radical (unpaired) electrons. The number of carbonyl (C=O) groups excluding carboxylic acids is 3. The molecular weight excluding hydrogens is 712 g/mol. The highest BCUT2D eigenvalue weighted by atomic mass is 35.5. The number of benzene rings is 3. The predicted molar refractivity (Wildman–Crippen MR) is 204 cm³/mol. The summed E-state index contributed by atoms with van der Waals surface area (Å²) in [5.74, 6) is -0.849. The van der Waals surface area contributed by atoms with E-state index in [2.05, 4.69) is 15.6 Å². The van der Waals surface area contributed by atoms with Crippen LogP contribution in [0.25, 0.3) is 11.1 Å². The van der Waals surface area contributed by atoms with Crippen LogP contribution in [0, 0.1) is 6.92 Å². The molecule has 0 aliphatic carbocycles. The molecule has 5 aromatic rings. The number of halogens is 1. The SMILES string of the molecule is Cc1sc(C2CCNCC2)nc1CC(=O)N1C[C@H](OCc2ccc(Cl)cc2)C[C@H]1C(=O)N[C@@H](Cc1ccc(CN)cc1)C(=O)c1nc2ccccc2o1. The van der Waals surface area contributed by atoms with Gasteiger partial charge >= 0.3 is 0 Å². The van der Waals surface area contributed by atoms with Crippen LogP contribution in [0.5, 0.6) is 0 Å². The molecule has 276 valence electrons. The van der Waals surface area contributed by atoms with Gasteiger partial charge in [-0.1, -0.05) is 60.1 Å². The molecule has 0 saturated carbocycles. The van der Waals surface area contributed by atoms with Crippen molar-refractivity contribution in [3.63, 3.8) is 0 Å². The molecule has 7 rings (SSSR count). The fraction of sp³-hybridized carbons (Fsp3) is 0.375. The summed E-state index contributed by atoms with van der Waals surface area (Å²) in [5, 5.41) is 8.07. The first-order valence-electron chi connectivity index (χ1n) is 18.0. The van der Waals surface area contributed by atoms with Gasteiger partial charge in [0.15, 0.2) is 5.58 Å². The van der Waals surface area contributed by atoms with E-state index >= 15 is 0 Å². The summed E-state index contributed by atoms with van der Waals surface area (Å²) in [4.78, 5) is 54.5. The first kappa shape index (κ1) is 36.9. The number of oxazole rings is 1. The average molecular weight is 755 g/mol.